The Morgan fingerprint density at radius 3 is 2.91 bits per heavy atom. The molecule has 1 aliphatic rings. The second kappa shape index (κ2) is 8.99. The first-order valence-electron chi connectivity index (χ1n) is 6.56. The zero-order chi connectivity index (χ0) is 13.8. The van der Waals surface area contributed by atoms with Gasteiger partial charge in [0.2, 0.25) is 0 Å². The lowest BCUT2D eigenvalue weighted by atomic mass is 10.1. The number of nitrogens with one attached hydrogen (secondary N) is 2. The van der Waals surface area contributed by atoms with Crippen molar-refractivity contribution in [3.05, 3.63) is 29.7 Å². The number of hydrogen-bond donors (Lipinski definition) is 2. The third-order valence-electron chi connectivity index (χ3n) is 3.15. The van der Waals surface area contributed by atoms with Crippen molar-refractivity contribution in [3.63, 3.8) is 0 Å². The fourth-order valence-corrected chi connectivity index (χ4v) is 2.90. The molecule has 0 bridgehead atoms. The molecule has 22 heavy (non-hydrogen) atoms. The number of carbonyl (C=O) groups is 1. The van der Waals surface area contributed by atoms with E-state index in [1.807, 2.05) is 0 Å². The zero-order valence-corrected chi connectivity index (χ0v) is 14.1. The maximum atomic E-state index is 12.1. The molecule has 0 saturated carbocycles. The number of thiazole rings is 1. The highest BCUT2D eigenvalue weighted by Crippen LogP contribution is 2.20. The number of aromatic nitrogens is 3. The van der Waals surface area contributed by atoms with Crippen LogP contribution < -0.4 is 10.6 Å². The van der Waals surface area contributed by atoms with Crippen molar-refractivity contribution in [2.45, 2.75) is 18.9 Å². The minimum Gasteiger partial charge on any atom is -0.347 e. The smallest absolute Gasteiger partial charge is 0.271 e. The molecule has 0 aliphatic carbocycles. The lowest BCUT2D eigenvalue weighted by molar-refractivity contribution is 0.0926. The van der Waals surface area contributed by atoms with Crippen LogP contribution in [0.3, 0.4) is 0 Å². The van der Waals surface area contributed by atoms with E-state index in [0.29, 0.717) is 16.4 Å². The van der Waals surface area contributed by atoms with E-state index in [4.69, 9.17) is 0 Å². The summed E-state index contributed by atoms with van der Waals surface area (Å²) in [5, 5.41) is 8.75. The van der Waals surface area contributed by atoms with Crippen LogP contribution in [0.2, 0.25) is 0 Å². The van der Waals surface area contributed by atoms with Gasteiger partial charge in [-0.25, -0.2) is 4.98 Å². The Kier molecular flexibility index (Phi) is 7.67. The Labute approximate surface area is 145 Å². The van der Waals surface area contributed by atoms with E-state index in [9.17, 15) is 4.79 Å². The summed E-state index contributed by atoms with van der Waals surface area (Å²) in [6.07, 6.45) is 6.98. The molecule has 1 fully saturated rings. The van der Waals surface area contributed by atoms with Gasteiger partial charge in [0.05, 0.1) is 6.20 Å². The average Bonchev–Trinajstić information content (AvgIpc) is 2.99. The molecule has 3 heterocycles. The molecule has 9 heteroatoms. The van der Waals surface area contributed by atoms with Gasteiger partial charge in [0.25, 0.3) is 5.91 Å². The summed E-state index contributed by atoms with van der Waals surface area (Å²) in [6, 6.07) is 0.193. The van der Waals surface area contributed by atoms with Crippen LogP contribution in [-0.4, -0.2) is 40.0 Å². The molecule has 1 amide bonds. The Balaban J connectivity index is 0.00000121. The molecular weight excluding hydrogens is 345 g/mol. The summed E-state index contributed by atoms with van der Waals surface area (Å²) in [4.78, 5) is 24.6. The number of nitrogens with zero attached hydrogens (tertiary/aromatic N) is 3. The van der Waals surface area contributed by atoms with Crippen molar-refractivity contribution >= 4 is 42.1 Å². The van der Waals surface area contributed by atoms with Crippen molar-refractivity contribution in [1.29, 1.82) is 0 Å². The van der Waals surface area contributed by atoms with Gasteiger partial charge in [-0.05, 0) is 19.4 Å². The molecule has 1 saturated heterocycles. The van der Waals surface area contributed by atoms with Crippen molar-refractivity contribution in [1.82, 2.24) is 25.6 Å². The number of piperidine rings is 1. The minimum atomic E-state index is -0.120. The predicted octanol–water partition coefficient (Wildman–Crippen LogP) is 1.93. The van der Waals surface area contributed by atoms with Crippen LogP contribution in [0.4, 0.5) is 0 Å². The SMILES string of the molecule is Cl.Cl.O=C(NC1CCCNC1)c1csc(-c2cnccn2)n1. The molecule has 1 aliphatic heterocycles. The van der Waals surface area contributed by atoms with E-state index in [-0.39, 0.29) is 36.8 Å². The number of rotatable bonds is 3. The number of carbonyl (C=O) groups excluding carboxylic acids is 1. The first-order chi connectivity index (χ1) is 9.83. The molecule has 1 unspecified atom stereocenters. The van der Waals surface area contributed by atoms with Crippen molar-refractivity contribution in [2.24, 2.45) is 0 Å². The van der Waals surface area contributed by atoms with E-state index in [2.05, 4.69) is 25.6 Å². The molecule has 0 spiro atoms. The summed E-state index contributed by atoms with van der Waals surface area (Å²) in [5.41, 5.74) is 1.14. The maximum Gasteiger partial charge on any atom is 0.271 e. The topological polar surface area (TPSA) is 79.8 Å². The first kappa shape index (κ1) is 18.8. The molecule has 3 rings (SSSR count). The Bertz CT molecular complexity index is 589. The minimum absolute atomic E-state index is 0. The quantitative estimate of drug-likeness (QED) is 0.872. The number of halogens is 2. The monoisotopic (exact) mass is 361 g/mol. The summed E-state index contributed by atoms with van der Waals surface area (Å²) < 4.78 is 0. The second-order valence-corrected chi connectivity index (χ2v) is 5.50. The molecule has 120 valence electrons. The standard InChI is InChI=1S/C13H15N5OS.2ClH/c19-12(17-9-2-1-3-14-6-9)11-8-20-13(18-11)10-7-15-4-5-16-10;;/h4-5,7-9,14H,1-3,6H2,(H,17,19);2*1H. The van der Waals surface area contributed by atoms with Gasteiger partial charge in [0.15, 0.2) is 0 Å². The van der Waals surface area contributed by atoms with Crippen molar-refractivity contribution < 1.29 is 4.79 Å². The summed E-state index contributed by atoms with van der Waals surface area (Å²) in [5.74, 6) is -0.120. The predicted molar refractivity (Wildman–Crippen MR) is 91.0 cm³/mol. The molecular formula is C13H17Cl2N5OS. The molecule has 0 radical (unpaired) electrons. The van der Waals surface area contributed by atoms with Gasteiger partial charge in [-0.1, -0.05) is 0 Å². The number of amides is 1. The fraction of sp³-hybridized carbons (Fsp3) is 0.385. The summed E-state index contributed by atoms with van der Waals surface area (Å²) in [7, 11) is 0. The summed E-state index contributed by atoms with van der Waals surface area (Å²) in [6.45, 7) is 1.85. The fourth-order valence-electron chi connectivity index (χ4n) is 2.14. The van der Waals surface area contributed by atoms with E-state index in [0.717, 1.165) is 25.9 Å². The Morgan fingerprint density at radius 2 is 2.23 bits per heavy atom. The Morgan fingerprint density at radius 1 is 1.36 bits per heavy atom. The highest BCUT2D eigenvalue weighted by atomic mass is 35.5. The molecule has 6 nitrogen and oxygen atoms in total. The summed E-state index contributed by atoms with van der Waals surface area (Å²) >= 11 is 1.40. The van der Waals surface area contributed by atoms with Gasteiger partial charge in [-0.15, -0.1) is 36.2 Å². The van der Waals surface area contributed by atoms with Gasteiger partial charge in [-0.3, -0.25) is 14.8 Å². The van der Waals surface area contributed by atoms with E-state index in [1.165, 1.54) is 11.3 Å². The third kappa shape index (κ3) is 4.61. The molecule has 2 N–H and O–H groups in total. The third-order valence-corrected chi connectivity index (χ3v) is 4.02. The van der Waals surface area contributed by atoms with E-state index >= 15 is 0 Å². The molecule has 1 atom stereocenters. The van der Waals surface area contributed by atoms with Crippen LogP contribution in [0.5, 0.6) is 0 Å². The highest BCUT2D eigenvalue weighted by Gasteiger charge is 2.18. The lowest BCUT2D eigenvalue weighted by Crippen LogP contribution is -2.45. The van der Waals surface area contributed by atoms with Crippen molar-refractivity contribution in [2.75, 3.05) is 13.1 Å². The van der Waals surface area contributed by atoms with Gasteiger partial charge < -0.3 is 10.6 Å². The van der Waals surface area contributed by atoms with Gasteiger partial charge in [0, 0.05) is 30.4 Å². The van der Waals surface area contributed by atoms with Gasteiger partial charge >= 0.3 is 0 Å². The van der Waals surface area contributed by atoms with Crippen LogP contribution in [0.15, 0.2) is 24.0 Å². The largest absolute Gasteiger partial charge is 0.347 e. The number of hydrogen-bond acceptors (Lipinski definition) is 6. The first-order valence-corrected chi connectivity index (χ1v) is 7.44. The molecule has 2 aromatic rings. The van der Waals surface area contributed by atoms with Crippen LogP contribution in [0, 0.1) is 0 Å². The van der Waals surface area contributed by atoms with Crippen LogP contribution in [-0.2, 0) is 0 Å². The van der Waals surface area contributed by atoms with Gasteiger partial charge in [0.1, 0.15) is 16.4 Å². The second-order valence-electron chi connectivity index (χ2n) is 4.65. The van der Waals surface area contributed by atoms with Gasteiger partial charge in [-0.2, -0.15) is 0 Å². The zero-order valence-electron chi connectivity index (χ0n) is 11.7. The highest BCUT2D eigenvalue weighted by molar-refractivity contribution is 7.13. The normalized spacial score (nSPS) is 17.0. The van der Waals surface area contributed by atoms with Crippen LogP contribution in [0.25, 0.3) is 10.7 Å². The Hall–Kier alpha value is -1.28. The maximum absolute atomic E-state index is 12.1. The molecule has 2 aromatic heterocycles. The van der Waals surface area contributed by atoms with Crippen LogP contribution in [0.1, 0.15) is 23.3 Å². The lowest BCUT2D eigenvalue weighted by Gasteiger charge is -2.23. The van der Waals surface area contributed by atoms with E-state index < -0.39 is 0 Å². The average molecular weight is 362 g/mol. The van der Waals surface area contributed by atoms with Crippen molar-refractivity contribution in [3.8, 4) is 10.7 Å². The van der Waals surface area contributed by atoms with Crippen LogP contribution >= 0.6 is 36.2 Å². The van der Waals surface area contributed by atoms with E-state index in [1.54, 1.807) is 24.0 Å². The molecule has 0 aromatic carbocycles.